The van der Waals surface area contributed by atoms with Crippen LogP contribution in [0.2, 0.25) is 0 Å². The van der Waals surface area contributed by atoms with Gasteiger partial charge >= 0.3 is 6.18 Å². The minimum Gasteiger partial charge on any atom is -0.376 e. The summed E-state index contributed by atoms with van der Waals surface area (Å²) in [5.74, 6) is 0. The van der Waals surface area contributed by atoms with Crippen molar-refractivity contribution in [2.24, 2.45) is 0 Å². The lowest BCUT2D eigenvalue weighted by Crippen LogP contribution is -2.15. The Kier molecular flexibility index (Phi) is 3.74. The van der Waals surface area contributed by atoms with E-state index in [0.717, 1.165) is 5.56 Å². The van der Waals surface area contributed by atoms with Gasteiger partial charge in [-0.25, -0.2) is 0 Å². The number of benzene rings is 1. The van der Waals surface area contributed by atoms with E-state index in [0.29, 0.717) is 5.56 Å². The lowest BCUT2D eigenvalue weighted by molar-refractivity contribution is -0.158. The fourth-order valence-electron chi connectivity index (χ4n) is 1.33. The quantitative estimate of drug-likeness (QED) is 0.752. The van der Waals surface area contributed by atoms with Gasteiger partial charge in [0.1, 0.15) is 0 Å². The average molecular weight is 218 g/mol. The second-order valence-corrected chi connectivity index (χ2v) is 3.45. The standard InChI is InChI=1S/C11H13F3O/c1-8-3-5-9(6-4-8)10(15-2)7-11(12,13)14/h3-6,10H,7H2,1-2H3. The maximum atomic E-state index is 12.2. The van der Waals surface area contributed by atoms with E-state index in [-0.39, 0.29) is 0 Å². The predicted octanol–water partition coefficient (Wildman–Crippen LogP) is 3.63. The Morgan fingerprint density at radius 3 is 2.13 bits per heavy atom. The Labute approximate surface area is 86.9 Å². The number of hydrogen-bond donors (Lipinski definition) is 0. The Morgan fingerprint density at radius 1 is 1.20 bits per heavy atom. The first kappa shape index (κ1) is 12.0. The zero-order chi connectivity index (χ0) is 11.5. The highest BCUT2D eigenvalue weighted by Crippen LogP contribution is 2.31. The Bertz CT molecular complexity index is 303. The molecule has 1 aromatic rings. The van der Waals surface area contributed by atoms with Gasteiger partial charge in [0.05, 0.1) is 12.5 Å². The first-order valence-electron chi connectivity index (χ1n) is 4.58. The van der Waals surface area contributed by atoms with Gasteiger partial charge in [-0.3, -0.25) is 0 Å². The Balaban J connectivity index is 2.79. The predicted molar refractivity (Wildman–Crippen MR) is 51.6 cm³/mol. The smallest absolute Gasteiger partial charge is 0.376 e. The molecule has 0 saturated carbocycles. The summed E-state index contributed by atoms with van der Waals surface area (Å²) in [7, 11) is 1.29. The molecule has 0 amide bonds. The van der Waals surface area contributed by atoms with Crippen LogP contribution >= 0.6 is 0 Å². The maximum absolute atomic E-state index is 12.2. The monoisotopic (exact) mass is 218 g/mol. The normalized spacial score (nSPS) is 13.9. The number of alkyl halides is 3. The number of hydrogen-bond acceptors (Lipinski definition) is 1. The Morgan fingerprint density at radius 2 is 1.73 bits per heavy atom. The number of ether oxygens (including phenoxy) is 1. The van der Waals surface area contributed by atoms with Gasteiger partial charge in [0.25, 0.3) is 0 Å². The fraction of sp³-hybridized carbons (Fsp3) is 0.455. The molecule has 0 saturated heterocycles. The zero-order valence-electron chi connectivity index (χ0n) is 8.64. The minimum atomic E-state index is -4.20. The lowest BCUT2D eigenvalue weighted by Gasteiger charge is -2.17. The maximum Gasteiger partial charge on any atom is 0.391 e. The molecule has 0 radical (unpaired) electrons. The molecule has 1 rings (SSSR count). The number of rotatable bonds is 3. The van der Waals surface area contributed by atoms with Crippen molar-refractivity contribution in [1.29, 1.82) is 0 Å². The Hall–Kier alpha value is -1.03. The van der Waals surface area contributed by atoms with Crippen molar-refractivity contribution in [1.82, 2.24) is 0 Å². The fourth-order valence-corrected chi connectivity index (χ4v) is 1.33. The van der Waals surface area contributed by atoms with Crippen molar-refractivity contribution in [2.45, 2.75) is 25.6 Å². The van der Waals surface area contributed by atoms with Gasteiger partial charge in [-0.2, -0.15) is 13.2 Å². The van der Waals surface area contributed by atoms with Gasteiger partial charge in [-0.1, -0.05) is 29.8 Å². The summed E-state index contributed by atoms with van der Waals surface area (Å²) in [6.07, 6.45) is -6.07. The summed E-state index contributed by atoms with van der Waals surface area (Å²) < 4.78 is 41.4. The summed E-state index contributed by atoms with van der Waals surface area (Å²) in [6, 6.07) is 6.87. The molecule has 1 aromatic carbocycles. The van der Waals surface area contributed by atoms with Gasteiger partial charge in [-0.05, 0) is 12.5 Å². The third-order valence-corrected chi connectivity index (χ3v) is 2.15. The van der Waals surface area contributed by atoms with Crippen LogP contribution < -0.4 is 0 Å². The summed E-state index contributed by atoms with van der Waals surface area (Å²) in [4.78, 5) is 0. The molecule has 0 bridgehead atoms. The molecule has 0 aliphatic carbocycles. The van der Waals surface area contributed by atoms with Crippen LogP contribution in [0.4, 0.5) is 13.2 Å². The van der Waals surface area contributed by atoms with E-state index in [1.54, 1.807) is 24.3 Å². The molecule has 15 heavy (non-hydrogen) atoms. The highest BCUT2D eigenvalue weighted by Gasteiger charge is 2.32. The van der Waals surface area contributed by atoms with Crippen LogP contribution in [-0.4, -0.2) is 13.3 Å². The lowest BCUT2D eigenvalue weighted by atomic mass is 10.0. The van der Waals surface area contributed by atoms with Gasteiger partial charge in [0, 0.05) is 7.11 Å². The van der Waals surface area contributed by atoms with Crippen LogP contribution in [0.1, 0.15) is 23.7 Å². The highest BCUT2D eigenvalue weighted by atomic mass is 19.4. The van der Waals surface area contributed by atoms with Crippen molar-refractivity contribution >= 4 is 0 Å². The first-order valence-corrected chi connectivity index (χ1v) is 4.58. The molecule has 1 unspecified atom stereocenters. The zero-order valence-corrected chi connectivity index (χ0v) is 8.64. The van der Waals surface area contributed by atoms with Crippen LogP contribution in [0.5, 0.6) is 0 Å². The SMILES string of the molecule is COC(CC(F)(F)F)c1ccc(C)cc1. The molecule has 0 spiro atoms. The molecular formula is C11H13F3O. The van der Waals surface area contributed by atoms with Gasteiger partial charge in [0.15, 0.2) is 0 Å². The van der Waals surface area contributed by atoms with E-state index in [2.05, 4.69) is 0 Å². The van der Waals surface area contributed by atoms with E-state index in [1.165, 1.54) is 7.11 Å². The van der Waals surface area contributed by atoms with Crippen LogP contribution in [0.3, 0.4) is 0 Å². The van der Waals surface area contributed by atoms with Gasteiger partial charge in [0.2, 0.25) is 0 Å². The molecule has 1 atom stereocenters. The van der Waals surface area contributed by atoms with Crippen molar-refractivity contribution in [2.75, 3.05) is 7.11 Å². The van der Waals surface area contributed by atoms with Gasteiger partial charge in [-0.15, -0.1) is 0 Å². The molecule has 0 N–H and O–H groups in total. The van der Waals surface area contributed by atoms with Crippen molar-refractivity contribution in [3.05, 3.63) is 35.4 Å². The van der Waals surface area contributed by atoms with Crippen LogP contribution in [0, 0.1) is 6.92 Å². The van der Waals surface area contributed by atoms with E-state index in [9.17, 15) is 13.2 Å². The molecule has 1 nitrogen and oxygen atoms in total. The molecule has 0 fully saturated rings. The number of aryl methyl sites for hydroxylation is 1. The molecule has 0 aromatic heterocycles. The first-order chi connectivity index (χ1) is 6.92. The largest absolute Gasteiger partial charge is 0.391 e. The third-order valence-electron chi connectivity index (χ3n) is 2.15. The number of halogens is 3. The molecule has 84 valence electrons. The molecule has 0 heterocycles. The van der Waals surface area contributed by atoms with E-state index >= 15 is 0 Å². The second-order valence-electron chi connectivity index (χ2n) is 3.45. The second kappa shape index (κ2) is 4.66. The number of methoxy groups -OCH3 is 1. The summed E-state index contributed by atoms with van der Waals surface area (Å²) in [5.41, 5.74) is 1.57. The van der Waals surface area contributed by atoms with E-state index in [1.807, 2.05) is 6.92 Å². The van der Waals surface area contributed by atoms with Crippen LogP contribution in [0.15, 0.2) is 24.3 Å². The highest BCUT2D eigenvalue weighted by molar-refractivity contribution is 5.23. The topological polar surface area (TPSA) is 9.23 Å². The third kappa shape index (κ3) is 3.91. The summed E-state index contributed by atoms with van der Waals surface area (Å²) in [5, 5.41) is 0. The van der Waals surface area contributed by atoms with Crippen LogP contribution in [0.25, 0.3) is 0 Å². The molecule has 0 aliphatic rings. The van der Waals surface area contributed by atoms with Crippen molar-refractivity contribution in [3.8, 4) is 0 Å². The average Bonchev–Trinajstić information content (AvgIpc) is 2.14. The van der Waals surface area contributed by atoms with E-state index in [4.69, 9.17) is 4.74 Å². The summed E-state index contributed by atoms with van der Waals surface area (Å²) in [6.45, 7) is 1.88. The molecular weight excluding hydrogens is 205 g/mol. The molecule has 0 aliphatic heterocycles. The summed E-state index contributed by atoms with van der Waals surface area (Å²) >= 11 is 0. The minimum absolute atomic E-state index is 0.556. The molecule has 4 heteroatoms. The van der Waals surface area contributed by atoms with Crippen LogP contribution in [-0.2, 0) is 4.74 Å². The van der Waals surface area contributed by atoms with E-state index < -0.39 is 18.7 Å². The van der Waals surface area contributed by atoms with Gasteiger partial charge < -0.3 is 4.74 Å². The van der Waals surface area contributed by atoms with Crippen molar-refractivity contribution < 1.29 is 17.9 Å². The van der Waals surface area contributed by atoms with Crippen molar-refractivity contribution in [3.63, 3.8) is 0 Å².